The zero-order valence-corrected chi connectivity index (χ0v) is 25.6. The molecule has 0 atom stereocenters. The molecule has 11 heteroatoms. The molecule has 0 fully saturated rings. The summed E-state index contributed by atoms with van der Waals surface area (Å²) < 4.78 is 5.30. The minimum atomic E-state index is -0.569. The van der Waals surface area contributed by atoms with Gasteiger partial charge >= 0.3 is 18.2 Å². The van der Waals surface area contributed by atoms with Gasteiger partial charge in [-0.25, -0.2) is 14.4 Å². The van der Waals surface area contributed by atoms with Crippen molar-refractivity contribution in [3.8, 4) is 28.3 Å². The average Bonchev–Trinajstić information content (AvgIpc) is 3.60. The Balaban J connectivity index is 0.910. The van der Waals surface area contributed by atoms with Gasteiger partial charge in [0, 0.05) is 36.8 Å². The van der Waals surface area contributed by atoms with E-state index in [0.29, 0.717) is 61.4 Å². The Kier molecular flexibility index (Phi) is 9.31. The summed E-state index contributed by atoms with van der Waals surface area (Å²) in [5.41, 5.74) is 11.3. The monoisotopic (exact) mass is 630 g/mol. The Hall–Kier alpha value is -5.86. The molecule has 5 amide bonds. The van der Waals surface area contributed by atoms with Crippen molar-refractivity contribution in [1.82, 2.24) is 10.6 Å². The van der Waals surface area contributed by atoms with E-state index < -0.39 is 6.09 Å². The lowest BCUT2D eigenvalue weighted by Crippen LogP contribution is -2.30. The van der Waals surface area contributed by atoms with Crippen LogP contribution in [0.1, 0.15) is 40.7 Å². The van der Waals surface area contributed by atoms with Crippen LogP contribution in [-0.2, 0) is 17.6 Å². The van der Waals surface area contributed by atoms with Crippen LogP contribution < -0.4 is 26.6 Å². The van der Waals surface area contributed by atoms with Gasteiger partial charge in [-0.15, -0.1) is 0 Å². The van der Waals surface area contributed by atoms with Crippen LogP contribution in [0.15, 0.2) is 72.8 Å². The molecule has 0 saturated carbocycles. The van der Waals surface area contributed by atoms with Crippen LogP contribution in [0.4, 0.5) is 31.4 Å². The molecular weight excluding hydrogens is 596 g/mol. The zero-order valence-electron chi connectivity index (χ0n) is 25.6. The van der Waals surface area contributed by atoms with Gasteiger partial charge in [-0.05, 0) is 119 Å². The Morgan fingerprint density at radius 3 is 1.64 bits per heavy atom. The van der Waals surface area contributed by atoms with Gasteiger partial charge in [0.05, 0.1) is 18.2 Å². The van der Waals surface area contributed by atoms with Crippen molar-refractivity contribution in [2.75, 3.05) is 42.3 Å². The smallest absolute Gasteiger partial charge is 0.411 e. The fourth-order valence-corrected chi connectivity index (χ4v) is 5.95. The molecular formula is C36H34N6O5. The number of urea groups is 2. The molecule has 2 aliphatic carbocycles. The molecule has 238 valence electrons. The van der Waals surface area contributed by atoms with Crippen LogP contribution in [0, 0.1) is 11.3 Å². The van der Waals surface area contributed by atoms with E-state index in [-0.39, 0.29) is 25.3 Å². The predicted molar refractivity (Wildman–Crippen MR) is 179 cm³/mol. The van der Waals surface area contributed by atoms with Gasteiger partial charge < -0.3 is 31.1 Å². The average molecular weight is 631 g/mol. The SMILES string of the molecule is N#Cc1ccc2c(c1)Cc1cc(NC(=O)OCCCNC(=O)Nc3ccc4c(c3)Cc3cc(NC(=O)NCCCO)ccc3-4)ccc1-2. The van der Waals surface area contributed by atoms with Crippen molar-refractivity contribution in [2.24, 2.45) is 0 Å². The standard InChI is InChI=1S/C36H34N6O5/c37-21-22-3-7-30-23(15-22)16-24-20-29(6-10-31(24)30)42-36(46)47-14-2-12-39-35(45)41-28-5-9-33-26(19-28)17-25-18-27(4-8-32(25)33)40-34(44)38-11-1-13-43/h3-10,15,18-20,43H,1-2,11-14,16-17H2,(H,42,46)(H2,38,40,44)(H2,39,41,45). The number of carbonyl (C=O) groups excluding carboxylic acids is 3. The molecule has 0 spiro atoms. The maximum absolute atomic E-state index is 12.5. The number of carbonyl (C=O) groups is 3. The van der Waals surface area contributed by atoms with E-state index in [1.807, 2.05) is 72.8 Å². The maximum Gasteiger partial charge on any atom is 0.411 e. The van der Waals surface area contributed by atoms with Gasteiger partial charge in [-0.2, -0.15) is 5.26 Å². The number of nitriles is 1. The number of nitrogens with one attached hydrogen (secondary N) is 5. The van der Waals surface area contributed by atoms with E-state index in [0.717, 1.165) is 44.5 Å². The topological polar surface area (TPSA) is 165 Å². The fourth-order valence-electron chi connectivity index (χ4n) is 5.95. The van der Waals surface area contributed by atoms with E-state index in [4.69, 9.17) is 15.1 Å². The summed E-state index contributed by atoms with van der Waals surface area (Å²) in [7, 11) is 0. The summed E-state index contributed by atoms with van der Waals surface area (Å²) in [5.74, 6) is 0. The van der Waals surface area contributed by atoms with Crippen molar-refractivity contribution in [2.45, 2.75) is 25.7 Å². The largest absolute Gasteiger partial charge is 0.449 e. The van der Waals surface area contributed by atoms with Gasteiger partial charge in [-0.3, -0.25) is 5.32 Å². The highest BCUT2D eigenvalue weighted by Gasteiger charge is 2.21. The van der Waals surface area contributed by atoms with E-state index in [2.05, 4.69) is 32.7 Å². The number of aliphatic hydroxyl groups excluding tert-OH is 1. The lowest BCUT2D eigenvalue weighted by Gasteiger charge is -2.10. The first-order valence-electron chi connectivity index (χ1n) is 15.5. The summed E-state index contributed by atoms with van der Waals surface area (Å²) in [6.07, 6.45) is 1.74. The first kappa shape index (κ1) is 31.1. The molecule has 47 heavy (non-hydrogen) atoms. The minimum Gasteiger partial charge on any atom is -0.449 e. The number of anilines is 3. The summed E-state index contributed by atoms with van der Waals surface area (Å²) in [4.78, 5) is 36.9. The molecule has 0 unspecified atom stereocenters. The Bertz CT molecular complexity index is 1900. The van der Waals surface area contributed by atoms with Crippen LogP contribution in [0.2, 0.25) is 0 Å². The second kappa shape index (κ2) is 14.1. The molecule has 4 aromatic rings. The van der Waals surface area contributed by atoms with E-state index in [9.17, 15) is 14.4 Å². The van der Waals surface area contributed by atoms with Crippen molar-refractivity contribution in [3.63, 3.8) is 0 Å². The summed E-state index contributed by atoms with van der Waals surface area (Å²) in [5, 5.41) is 32.0. The highest BCUT2D eigenvalue weighted by atomic mass is 16.5. The second-order valence-electron chi connectivity index (χ2n) is 11.4. The third kappa shape index (κ3) is 7.35. The van der Waals surface area contributed by atoms with Gasteiger partial charge in [0.15, 0.2) is 0 Å². The first-order chi connectivity index (χ1) is 22.9. The maximum atomic E-state index is 12.5. The summed E-state index contributed by atoms with van der Waals surface area (Å²) in [6.45, 7) is 0.874. The van der Waals surface area contributed by atoms with Gasteiger partial charge in [0.25, 0.3) is 0 Å². The zero-order chi connectivity index (χ0) is 32.8. The highest BCUT2D eigenvalue weighted by Crippen LogP contribution is 2.40. The second-order valence-corrected chi connectivity index (χ2v) is 11.4. The molecule has 6 N–H and O–H groups in total. The van der Waals surface area contributed by atoms with Gasteiger partial charge in [-0.1, -0.05) is 24.3 Å². The molecule has 6 rings (SSSR count). The van der Waals surface area contributed by atoms with E-state index in [1.165, 1.54) is 0 Å². The molecule has 2 aliphatic rings. The number of hydrogen-bond donors (Lipinski definition) is 6. The van der Waals surface area contributed by atoms with Crippen LogP contribution in [0.25, 0.3) is 22.3 Å². The van der Waals surface area contributed by atoms with Crippen molar-refractivity contribution >= 4 is 35.2 Å². The number of hydrogen-bond acceptors (Lipinski definition) is 6. The third-order valence-corrected chi connectivity index (χ3v) is 8.11. The number of amides is 5. The van der Waals surface area contributed by atoms with Crippen LogP contribution in [0.5, 0.6) is 0 Å². The predicted octanol–water partition coefficient (Wildman–Crippen LogP) is 5.96. The highest BCUT2D eigenvalue weighted by molar-refractivity contribution is 5.92. The van der Waals surface area contributed by atoms with Gasteiger partial charge in [0.2, 0.25) is 0 Å². The van der Waals surface area contributed by atoms with Crippen LogP contribution in [0.3, 0.4) is 0 Å². The third-order valence-electron chi connectivity index (χ3n) is 8.11. The Labute approximate surface area is 272 Å². The fraction of sp³-hybridized carbons (Fsp3) is 0.222. The Morgan fingerprint density at radius 1 is 0.660 bits per heavy atom. The quantitative estimate of drug-likeness (QED) is 0.102. The Morgan fingerprint density at radius 2 is 1.13 bits per heavy atom. The van der Waals surface area contributed by atoms with E-state index >= 15 is 0 Å². The van der Waals surface area contributed by atoms with Crippen molar-refractivity contribution < 1.29 is 24.2 Å². The normalized spacial score (nSPS) is 11.7. The molecule has 11 nitrogen and oxygen atoms in total. The number of ether oxygens (including phenoxy) is 1. The number of rotatable bonds is 10. The van der Waals surface area contributed by atoms with Crippen LogP contribution in [-0.4, -0.2) is 49.6 Å². The number of fused-ring (bicyclic) bond motifs is 6. The van der Waals surface area contributed by atoms with E-state index in [1.54, 1.807) is 0 Å². The molecule has 0 heterocycles. The molecule has 4 aromatic carbocycles. The lowest BCUT2D eigenvalue weighted by molar-refractivity contribution is 0.160. The van der Waals surface area contributed by atoms with Gasteiger partial charge in [0.1, 0.15) is 0 Å². The number of benzene rings is 4. The summed E-state index contributed by atoms with van der Waals surface area (Å²) >= 11 is 0. The molecule has 0 aromatic heterocycles. The first-order valence-corrected chi connectivity index (χ1v) is 15.5. The molecule has 0 radical (unpaired) electrons. The van der Waals surface area contributed by atoms with Crippen LogP contribution >= 0.6 is 0 Å². The molecule has 0 bridgehead atoms. The van der Waals surface area contributed by atoms with Crippen molar-refractivity contribution in [1.29, 1.82) is 5.26 Å². The van der Waals surface area contributed by atoms with Crippen molar-refractivity contribution in [3.05, 3.63) is 101 Å². The lowest BCUT2D eigenvalue weighted by atomic mass is 10.0. The number of aliphatic hydroxyl groups is 1. The molecule has 0 aliphatic heterocycles. The minimum absolute atomic E-state index is 0.0210. The summed E-state index contributed by atoms with van der Waals surface area (Å²) in [6, 6.07) is 24.4. The molecule has 0 saturated heterocycles. The number of nitrogens with zero attached hydrogens (tertiary/aromatic N) is 1.